The fourth-order valence-corrected chi connectivity index (χ4v) is 1.75. The van der Waals surface area contributed by atoms with Crippen LogP contribution < -0.4 is 4.90 Å². The van der Waals surface area contributed by atoms with Crippen molar-refractivity contribution in [3.8, 4) is 0 Å². The third kappa shape index (κ3) is 3.40. The number of aliphatic carboxylic acids is 1. The monoisotopic (exact) mass is 288 g/mol. The van der Waals surface area contributed by atoms with E-state index in [2.05, 4.69) is 0 Å². The maximum Gasteiger partial charge on any atom is 0.323 e. The van der Waals surface area contributed by atoms with Gasteiger partial charge in [0.1, 0.15) is 12.2 Å². The zero-order chi connectivity index (χ0) is 15.4. The van der Waals surface area contributed by atoms with Crippen molar-refractivity contribution in [2.45, 2.75) is 26.3 Å². The molecule has 110 valence electrons. The molecule has 0 heterocycles. The summed E-state index contributed by atoms with van der Waals surface area (Å²) < 4.78 is 27.8. The third-order valence-electron chi connectivity index (χ3n) is 2.93. The standard InChI is InChI=1S/C12H14F2N2O4/c1-3-7(2)15(6-11(17)18)12-9(13)4-8(16(19)20)5-10(12)14/h4-5,7H,3,6H2,1-2H3,(H,17,18). The molecular formula is C12H14F2N2O4. The molecule has 0 aliphatic carbocycles. The highest BCUT2D eigenvalue weighted by atomic mass is 19.1. The second kappa shape index (κ2) is 6.27. The maximum absolute atomic E-state index is 13.9. The first-order chi connectivity index (χ1) is 9.27. The second-order valence-corrected chi connectivity index (χ2v) is 4.29. The number of halogens is 2. The zero-order valence-corrected chi connectivity index (χ0v) is 11.0. The molecule has 0 bridgehead atoms. The van der Waals surface area contributed by atoms with Crippen molar-refractivity contribution >= 4 is 17.3 Å². The van der Waals surface area contributed by atoms with Gasteiger partial charge in [-0.05, 0) is 13.3 Å². The summed E-state index contributed by atoms with van der Waals surface area (Å²) in [5.74, 6) is -3.56. The van der Waals surface area contributed by atoms with Crippen LogP contribution in [0.15, 0.2) is 12.1 Å². The van der Waals surface area contributed by atoms with Crippen molar-refractivity contribution in [3.05, 3.63) is 33.9 Å². The van der Waals surface area contributed by atoms with Crippen molar-refractivity contribution < 1.29 is 23.6 Å². The molecule has 6 nitrogen and oxygen atoms in total. The van der Waals surface area contributed by atoms with Crippen LogP contribution in [0.4, 0.5) is 20.2 Å². The second-order valence-electron chi connectivity index (χ2n) is 4.29. The normalized spacial score (nSPS) is 12.0. The number of non-ortho nitro benzene ring substituents is 1. The number of hydrogen-bond acceptors (Lipinski definition) is 4. The molecule has 0 amide bonds. The van der Waals surface area contributed by atoms with Crippen LogP contribution in [-0.4, -0.2) is 28.6 Å². The van der Waals surface area contributed by atoms with Gasteiger partial charge in [-0.2, -0.15) is 0 Å². The minimum absolute atomic E-state index is 0.434. The van der Waals surface area contributed by atoms with Crippen molar-refractivity contribution in [1.29, 1.82) is 0 Å². The quantitative estimate of drug-likeness (QED) is 0.642. The maximum atomic E-state index is 13.9. The SMILES string of the molecule is CCC(C)N(CC(=O)O)c1c(F)cc([N+](=O)[O-])cc1F. The lowest BCUT2D eigenvalue weighted by atomic mass is 10.1. The van der Waals surface area contributed by atoms with Gasteiger partial charge in [-0.25, -0.2) is 8.78 Å². The molecule has 20 heavy (non-hydrogen) atoms. The predicted molar refractivity (Wildman–Crippen MR) is 67.7 cm³/mol. The Morgan fingerprint density at radius 3 is 2.30 bits per heavy atom. The number of nitro groups is 1. The number of carboxylic acids is 1. The highest BCUT2D eigenvalue weighted by molar-refractivity contribution is 5.74. The number of carboxylic acid groups (broad SMARTS) is 1. The van der Waals surface area contributed by atoms with Crippen LogP contribution in [0.25, 0.3) is 0 Å². The topological polar surface area (TPSA) is 83.7 Å². The molecule has 0 fully saturated rings. The summed E-state index contributed by atoms with van der Waals surface area (Å²) in [4.78, 5) is 21.4. The number of nitro benzene ring substituents is 1. The molecule has 1 aromatic rings. The lowest BCUT2D eigenvalue weighted by Gasteiger charge is -2.29. The van der Waals surface area contributed by atoms with E-state index in [-0.39, 0.29) is 0 Å². The molecule has 1 rings (SSSR count). The number of benzene rings is 1. The summed E-state index contributed by atoms with van der Waals surface area (Å²) in [6, 6.07) is 0.724. The van der Waals surface area contributed by atoms with Gasteiger partial charge in [0.25, 0.3) is 5.69 Å². The number of rotatable bonds is 6. The number of hydrogen-bond donors (Lipinski definition) is 1. The summed E-state index contributed by atoms with van der Waals surface area (Å²) in [7, 11) is 0. The van der Waals surface area contributed by atoms with E-state index in [0.29, 0.717) is 18.6 Å². The highest BCUT2D eigenvalue weighted by Gasteiger charge is 2.25. The molecule has 1 atom stereocenters. The van der Waals surface area contributed by atoms with E-state index >= 15 is 0 Å². The smallest absolute Gasteiger partial charge is 0.323 e. The number of carbonyl (C=O) groups is 1. The van der Waals surface area contributed by atoms with Crippen molar-refractivity contribution in [2.75, 3.05) is 11.4 Å². The Morgan fingerprint density at radius 2 is 1.95 bits per heavy atom. The highest BCUT2D eigenvalue weighted by Crippen LogP contribution is 2.29. The largest absolute Gasteiger partial charge is 0.480 e. The molecular weight excluding hydrogens is 274 g/mol. The van der Waals surface area contributed by atoms with Gasteiger partial charge in [-0.1, -0.05) is 6.92 Å². The molecule has 0 spiro atoms. The lowest BCUT2D eigenvalue weighted by Crippen LogP contribution is -2.38. The van der Waals surface area contributed by atoms with Crippen LogP contribution in [0.5, 0.6) is 0 Å². The van der Waals surface area contributed by atoms with Gasteiger partial charge in [-0.3, -0.25) is 14.9 Å². The van der Waals surface area contributed by atoms with E-state index in [1.807, 2.05) is 0 Å². The predicted octanol–water partition coefficient (Wildman–Crippen LogP) is 2.56. The van der Waals surface area contributed by atoms with E-state index in [0.717, 1.165) is 4.90 Å². The van der Waals surface area contributed by atoms with Crippen LogP contribution in [0, 0.1) is 21.7 Å². The first-order valence-electron chi connectivity index (χ1n) is 5.89. The van der Waals surface area contributed by atoms with Crippen molar-refractivity contribution in [3.63, 3.8) is 0 Å². The molecule has 1 N–H and O–H groups in total. The van der Waals surface area contributed by atoms with Gasteiger partial charge >= 0.3 is 5.97 Å². The van der Waals surface area contributed by atoms with Crippen molar-refractivity contribution in [1.82, 2.24) is 0 Å². The summed E-state index contributed by atoms with van der Waals surface area (Å²) >= 11 is 0. The Hall–Kier alpha value is -2.25. The molecule has 0 aliphatic rings. The van der Waals surface area contributed by atoms with Gasteiger partial charge in [0.2, 0.25) is 0 Å². The average molecular weight is 288 g/mol. The first-order valence-corrected chi connectivity index (χ1v) is 5.89. The Morgan fingerprint density at radius 1 is 1.45 bits per heavy atom. The van der Waals surface area contributed by atoms with Crippen molar-refractivity contribution in [2.24, 2.45) is 0 Å². The van der Waals surface area contributed by atoms with Crippen LogP contribution in [0.2, 0.25) is 0 Å². The zero-order valence-electron chi connectivity index (χ0n) is 11.0. The minimum atomic E-state index is -1.25. The van der Waals surface area contributed by atoms with Crippen LogP contribution in [0.3, 0.4) is 0 Å². The van der Waals surface area contributed by atoms with Crippen LogP contribution in [-0.2, 0) is 4.79 Å². The van der Waals surface area contributed by atoms with Crippen LogP contribution >= 0.6 is 0 Å². The Balaban J connectivity index is 3.33. The van der Waals surface area contributed by atoms with E-state index in [9.17, 15) is 23.7 Å². The Kier molecular flexibility index (Phi) is 4.95. The summed E-state index contributed by atoms with van der Waals surface area (Å²) in [5.41, 5.74) is -1.28. The average Bonchev–Trinajstić information content (AvgIpc) is 2.35. The third-order valence-corrected chi connectivity index (χ3v) is 2.93. The molecule has 0 saturated heterocycles. The molecule has 0 radical (unpaired) electrons. The van der Waals surface area contributed by atoms with E-state index < -0.39 is 46.5 Å². The minimum Gasteiger partial charge on any atom is -0.480 e. The van der Waals surface area contributed by atoms with Crippen LogP contribution in [0.1, 0.15) is 20.3 Å². The van der Waals surface area contributed by atoms with Gasteiger partial charge in [-0.15, -0.1) is 0 Å². The Labute approximate surface area is 113 Å². The number of nitrogens with zero attached hydrogens (tertiary/aromatic N) is 2. The molecule has 0 aromatic heterocycles. The Bertz CT molecular complexity index is 513. The fourth-order valence-electron chi connectivity index (χ4n) is 1.75. The summed E-state index contributed by atoms with van der Waals surface area (Å²) in [5, 5.41) is 19.3. The summed E-state index contributed by atoms with van der Waals surface area (Å²) in [6.45, 7) is 2.75. The molecule has 0 aliphatic heterocycles. The van der Waals surface area contributed by atoms with E-state index in [4.69, 9.17) is 5.11 Å². The first kappa shape index (κ1) is 15.8. The molecule has 1 aromatic carbocycles. The molecule has 1 unspecified atom stereocenters. The fraction of sp³-hybridized carbons (Fsp3) is 0.417. The van der Waals surface area contributed by atoms with E-state index in [1.165, 1.54) is 0 Å². The molecule has 0 saturated carbocycles. The lowest BCUT2D eigenvalue weighted by molar-refractivity contribution is -0.385. The summed E-state index contributed by atoms with van der Waals surface area (Å²) in [6.07, 6.45) is 0.461. The van der Waals surface area contributed by atoms with Gasteiger partial charge in [0.05, 0.1) is 17.1 Å². The van der Waals surface area contributed by atoms with E-state index in [1.54, 1.807) is 13.8 Å². The van der Waals surface area contributed by atoms with Gasteiger partial charge in [0, 0.05) is 6.04 Å². The van der Waals surface area contributed by atoms with Gasteiger partial charge in [0.15, 0.2) is 11.6 Å². The number of anilines is 1. The van der Waals surface area contributed by atoms with Gasteiger partial charge < -0.3 is 10.0 Å². The molecule has 8 heteroatoms.